The van der Waals surface area contributed by atoms with Crippen LogP contribution in [0.4, 0.5) is 5.69 Å². The molecule has 1 aromatic carbocycles. The minimum absolute atomic E-state index is 0.00400. The summed E-state index contributed by atoms with van der Waals surface area (Å²) in [4.78, 5) is 12.2. The van der Waals surface area contributed by atoms with Crippen molar-refractivity contribution >= 4 is 17.7 Å². The molecule has 4 nitrogen and oxygen atoms in total. The van der Waals surface area contributed by atoms with Crippen LogP contribution in [0.25, 0.3) is 6.08 Å². The lowest BCUT2D eigenvalue weighted by Gasteiger charge is -2.12. The molecule has 0 radical (unpaired) electrons. The fourth-order valence-electron chi connectivity index (χ4n) is 2.22. The van der Waals surface area contributed by atoms with Gasteiger partial charge in [0.1, 0.15) is 17.4 Å². The summed E-state index contributed by atoms with van der Waals surface area (Å²) in [6.07, 6.45) is 2.92. The standard InChI is InChI=1S/C17H16N2O2/c1-11-7-12(2)16(13(3)8-11)19-17(20)14(10-18)9-15-5-4-6-21-15/h4-9H,1-3H3,(H,19,20). The third-order valence-electron chi connectivity index (χ3n) is 3.11. The maximum absolute atomic E-state index is 12.2. The minimum atomic E-state index is -0.441. The van der Waals surface area contributed by atoms with Gasteiger partial charge in [-0.15, -0.1) is 0 Å². The number of furan rings is 1. The minimum Gasteiger partial charge on any atom is -0.465 e. The van der Waals surface area contributed by atoms with Gasteiger partial charge in [-0.25, -0.2) is 0 Å². The Kier molecular flexibility index (Phi) is 4.24. The van der Waals surface area contributed by atoms with Crippen LogP contribution < -0.4 is 5.32 Å². The molecule has 2 aromatic rings. The van der Waals surface area contributed by atoms with E-state index in [9.17, 15) is 4.79 Å². The summed E-state index contributed by atoms with van der Waals surface area (Å²) in [5.74, 6) is 0.0306. The fraction of sp³-hybridized carbons (Fsp3) is 0.176. The summed E-state index contributed by atoms with van der Waals surface area (Å²) < 4.78 is 5.12. The van der Waals surface area contributed by atoms with Crippen LogP contribution in [0.1, 0.15) is 22.5 Å². The highest BCUT2D eigenvalue weighted by Gasteiger charge is 2.13. The first-order valence-corrected chi connectivity index (χ1v) is 6.55. The summed E-state index contributed by atoms with van der Waals surface area (Å²) in [5, 5.41) is 11.9. The van der Waals surface area contributed by atoms with Crippen molar-refractivity contribution in [2.45, 2.75) is 20.8 Å². The molecule has 106 valence electrons. The van der Waals surface area contributed by atoms with E-state index >= 15 is 0 Å². The molecular formula is C17H16N2O2. The van der Waals surface area contributed by atoms with Gasteiger partial charge >= 0.3 is 0 Å². The highest BCUT2D eigenvalue weighted by atomic mass is 16.3. The Hall–Kier alpha value is -2.80. The second-order valence-corrected chi connectivity index (χ2v) is 4.91. The molecule has 0 saturated heterocycles. The normalized spacial score (nSPS) is 11.0. The Morgan fingerprint density at radius 2 is 1.95 bits per heavy atom. The van der Waals surface area contributed by atoms with Gasteiger partial charge in [-0.3, -0.25) is 4.79 Å². The third-order valence-corrected chi connectivity index (χ3v) is 3.11. The monoisotopic (exact) mass is 280 g/mol. The van der Waals surface area contributed by atoms with Crippen LogP contribution in [0.5, 0.6) is 0 Å². The Morgan fingerprint density at radius 1 is 1.29 bits per heavy atom. The van der Waals surface area contributed by atoms with Crippen molar-refractivity contribution in [3.05, 3.63) is 58.6 Å². The summed E-state index contributed by atoms with van der Waals surface area (Å²) in [6, 6.07) is 9.27. The number of anilines is 1. The van der Waals surface area contributed by atoms with E-state index in [2.05, 4.69) is 5.32 Å². The van der Waals surface area contributed by atoms with E-state index in [1.54, 1.807) is 12.1 Å². The van der Waals surface area contributed by atoms with Gasteiger partial charge in [0.15, 0.2) is 0 Å². The van der Waals surface area contributed by atoms with Gasteiger partial charge in [0.05, 0.1) is 6.26 Å². The van der Waals surface area contributed by atoms with Crippen LogP contribution in [0.15, 0.2) is 40.5 Å². The molecule has 0 aliphatic heterocycles. The molecule has 21 heavy (non-hydrogen) atoms. The van der Waals surface area contributed by atoms with Crippen LogP contribution in [-0.2, 0) is 4.79 Å². The first-order valence-electron chi connectivity index (χ1n) is 6.55. The molecule has 0 atom stereocenters. The van der Waals surface area contributed by atoms with E-state index in [0.29, 0.717) is 5.76 Å². The SMILES string of the molecule is Cc1cc(C)c(NC(=O)C(C#N)=Cc2ccco2)c(C)c1. The van der Waals surface area contributed by atoms with Gasteiger partial charge in [-0.05, 0) is 44.0 Å². The maximum Gasteiger partial charge on any atom is 0.266 e. The van der Waals surface area contributed by atoms with E-state index in [1.807, 2.05) is 39.0 Å². The molecule has 0 fully saturated rings. The van der Waals surface area contributed by atoms with Gasteiger partial charge in [0, 0.05) is 11.8 Å². The number of rotatable bonds is 3. The third kappa shape index (κ3) is 3.40. The zero-order valence-electron chi connectivity index (χ0n) is 12.2. The smallest absolute Gasteiger partial charge is 0.266 e. The Balaban J connectivity index is 2.27. The number of aryl methyl sites for hydroxylation is 3. The molecule has 1 aromatic heterocycles. The van der Waals surface area contributed by atoms with E-state index in [1.165, 1.54) is 12.3 Å². The second kappa shape index (κ2) is 6.10. The van der Waals surface area contributed by atoms with Crippen LogP contribution in [0, 0.1) is 32.1 Å². The first kappa shape index (κ1) is 14.6. The quantitative estimate of drug-likeness (QED) is 0.687. The van der Waals surface area contributed by atoms with Crippen LogP contribution in [0.2, 0.25) is 0 Å². The first-order chi connectivity index (χ1) is 10.0. The van der Waals surface area contributed by atoms with Crippen molar-refractivity contribution in [1.29, 1.82) is 5.26 Å². The lowest BCUT2D eigenvalue weighted by molar-refractivity contribution is -0.112. The molecule has 0 aliphatic rings. The number of hydrogen-bond acceptors (Lipinski definition) is 3. The Labute approximate surface area is 123 Å². The van der Waals surface area contributed by atoms with Crippen molar-refractivity contribution in [3.63, 3.8) is 0 Å². The number of nitriles is 1. The van der Waals surface area contributed by atoms with Crippen molar-refractivity contribution in [2.75, 3.05) is 5.32 Å². The molecular weight excluding hydrogens is 264 g/mol. The summed E-state index contributed by atoms with van der Waals surface area (Å²) in [6.45, 7) is 5.86. The molecule has 1 N–H and O–H groups in total. The largest absolute Gasteiger partial charge is 0.465 e. The molecule has 0 bridgehead atoms. The molecule has 1 heterocycles. The molecule has 1 amide bonds. The van der Waals surface area contributed by atoms with Gasteiger partial charge in [-0.1, -0.05) is 17.7 Å². The van der Waals surface area contributed by atoms with E-state index in [0.717, 1.165) is 22.4 Å². The average Bonchev–Trinajstić information content (AvgIpc) is 2.92. The number of nitrogens with zero attached hydrogens (tertiary/aromatic N) is 1. The lowest BCUT2D eigenvalue weighted by atomic mass is 10.0. The highest BCUT2D eigenvalue weighted by Crippen LogP contribution is 2.22. The van der Waals surface area contributed by atoms with E-state index in [-0.39, 0.29) is 5.57 Å². The van der Waals surface area contributed by atoms with Gasteiger partial charge < -0.3 is 9.73 Å². The lowest BCUT2D eigenvalue weighted by Crippen LogP contribution is -2.15. The zero-order valence-corrected chi connectivity index (χ0v) is 12.2. The van der Waals surface area contributed by atoms with Gasteiger partial charge in [0.2, 0.25) is 0 Å². The summed E-state index contributed by atoms with van der Waals surface area (Å²) >= 11 is 0. The topological polar surface area (TPSA) is 66.0 Å². The second-order valence-electron chi connectivity index (χ2n) is 4.91. The zero-order chi connectivity index (χ0) is 15.4. The molecule has 0 spiro atoms. The number of carbonyl (C=O) groups excluding carboxylic acids is 1. The number of carbonyl (C=O) groups is 1. The molecule has 2 rings (SSSR count). The molecule has 4 heteroatoms. The predicted octanol–water partition coefficient (Wildman–Crippen LogP) is 3.75. The van der Waals surface area contributed by atoms with Gasteiger partial charge in [0.25, 0.3) is 5.91 Å². The fourth-order valence-corrected chi connectivity index (χ4v) is 2.22. The number of hydrogen-bond donors (Lipinski definition) is 1. The van der Waals surface area contributed by atoms with E-state index < -0.39 is 5.91 Å². The van der Waals surface area contributed by atoms with Crippen molar-refractivity contribution < 1.29 is 9.21 Å². The average molecular weight is 280 g/mol. The van der Waals surface area contributed by atoms with Crippen LogP contribution >= 0.6 is 0 Å². The summed E-state index contributed by atoms with van der Waals surface area (Å²) in [7, 11) is 0. The van der Waals surface area contributed by atoms with Crippen molar-refractivity contribution in [3.8, 4) is 6.07 Å². The number of nitrogens with one attached hydrogen (secondary N) is 1. The highest BCUT2D eigenvalue weighted by molar-refractivity contribution is 6.10. The predicted molar refractivity (Wildman–Crippen MR) is 81.6 cm³/mol. The number of amides is 1. The van der Waals surface area contributed by atoms with Crippen LogP contribution in [0.3, 0.4) is 0 Å². The van der Waals surface area contributed by atoms with E-state index in [4.69, 9.17) is 9.68 Å². The van der Waals surface area contributed by atoms with Crippen LogP contribution in [-0.4, -0.2) is 5.91 Å². The molecule has 0 saturated carbocycles. The summed E-state index contributed by atoms with van der Waals surface area (Å²) in [5.41, 5.74) is 3.82. The maximum atomic E-state index is 12.2. The Bertz CT molecular complexity index is 712. The Morgan fingerprint density at radius 3 is 2.48 bits per heavy atom. The number of benzene rings is 1. The van der Waals surface area contributed by atoms with Crippen molar-refractivity contribution in [2.24, 2.45) is 0 Å². The van der Waals surface area contributed by atoms with Gasteiger partial charge in [-0.2, -0.15) is 5.26 Å². The molecule has 0 unspecified atom stereocenters. The van der Waals surface area contributed by atoms with Crippen molar-refractivity contribution in [1.82, 2.24) is 0 Å². The molecule has 0 aliphatic carbocycles.